The van der Waals surface area contributed by atoms with Gasteiger partial charge in [0, 0.05) is 17.5 Å². The molecule has 0 spiro atoms. The molecule has 2 aromatic carbocycles. The molecule has 0 unspecified atom stereocenters. The fourth-order valence-corrected chi connectivity index (χ4v) is 3.65. The lowest BCUT2D eigenvalue weighted by atomic mass is 10.1. The van der Waals surface area contributed by atoms with Crippen molar-refractivity contribution in [1.82, 2.24) is 20.2 Å². The topological polar surface area (TPSA) is 85.3 Å². The largest absolute Gasteiger partial charge is 0.465 e. The first kappa shape index (κ1) is 21.3. The summed E-state index contributed by atoms with van der Waals surface area (Å²) in [6, 6.07) is 21.6. The molecule has 160 valence electrons. The number of nitrogens with one attached hydrogen (secondary N) is 1. The fraction of sp³-hybridized carbons (Fsp3) is 0.0833. The van der Waals surface area contributed by atoms with E-state index in [-0.39, 0.29) is 11.7 Å². The normalized spacial score (nSPS) is 11.4. The van der Waals surface area contributed by atoms with E-state index in [9.17, 15) is 4.79 Å². The number of amides is 1. The molecule has 0 atom stereocenters. The molecule has 7 nitrogen and oxygen atoms in total. The number of carbonyl (C=O) groups excluding carboxylic acids is 1. The SMILES string of the molecule is Cc1ccc(-c2nnc(SCC(=O)N/N=C/C=C\c3ccco3)n2-c2ccccc2)cc1. The Morgan fingerprint density at radius 3 is 2.66 bits per heavy atom. The highest BCUT2D eigenvalue weighted by atomic mass is 32.2. The molecule has 2 aromatic heterocycles. The highest BCUT2D eigenvalue weighted by Crippen LogP contribution is 2.28. The smallest absolute Gasteiger partial charge is 0.250 e. The quantitative estimate of drug-likeness (QED) is 0.241. The summed E-state index contributed by atoms with van der Waals surface area (Å²) in [4.78, 5) is 12.2. The molecule has 8 heteroatoms. The minimum atomic E-state index is -0.239. The van der Waals surface area contributed by atoms with Crippen LogP contribution in [-0.2, 0) is 4.79 Å². The van der Waals surface area contributed by atoms with Crippen molar-refractivity contribution in [3.63, 3.8) is 0 Å². The number of hydrazone groups is 1. The van der Waals surface area contributed by atoms with Gasteiger partial charge in [0.05, 0.1) is 12.0 Å². The summed E-state index contributed by atoms with van der Waals surface area (Å²) in [6.45, 7) is 2.04. The number of hydrogen-bond donors (Lipinski definition) is 1. The minimum absolute atomic E-state index is 0.151. The zero-order valence-electron chi connectivity index (χ0n) is 17.4. The predicted octanol–water partition coefficient (Wildman–Crippen LogP) is 4.74. The number of para-hydroxylation sites is 1. The van der Waals surface area contributed by atoms with Gasteiger partial charge in [0.2, 0.25) is 0 Å². The van der Waals surface area contributed by atoms with Gasteiger partial charge in [-0.2, -0.15) is 5.10 Å². The Balaban J connectivity index is 1.45. The lowest BCUT2D eigenvalue weighted by Crippen LogP contribution is -2.19. The van der Waals surface area contributed by atoms with Gasteiger partial charge in [-0.05, 0) is 43.3 Å². The van der Waals surface area contributed by atoms with Crippen molar-refractivity contribution in [2.75, 3.05) is 5.75 Å². The highest BCUT2D eigenvalue weighted by molar-refractivity contribution is 7.99. The molecular weight excluding hydrogens is 422 g/mol. The van der Waals surface area contributed by atoms with E-state index in [4.69, 9.17) is 4.42 Å². The molecule has 0 fully saturated rings. The second-order valence-corrected chi connectivity index (χ2v) is 7.76. The maximum absolute atomic E-state index is 12.2. The van der Waals surface area contributed by atoms with Crippen molar-refractivity contribution in [3.05, 3.63) is 90.4 Å². The first-order valence-corrected chi connectivity index (χ1v) is 10.9. The van der Waals surface area contributed by atoms with Gasteiger partial charge in [0.15, 0.2) is 11.0 Å². The summed E-state index contributed by atoms with van der Waals surface area (Å²) in [5.74, 6) is 1.35. The number of aryl methyl sites for hydroxylation is 1. The first-order valence-electron chi connectivity index (χ1n) is 9.93. The molecule has 4 rings (SSSR count). The van der Waals surface area contributed by atoms with Crippen LogP contribution in [0.1, 0.15) is 11.3 Å². The van der Waals surface area contributed by atoms with Crippen LogP contribution in [0.4, 0.5) is 0 Å². The standard InChI is InChI=1S/C24H21N5O2S/c1-18-11-13-19(14-12-18)23-27-28-24(29(23)20-7-3-2-4-8-20)32-17-22(30)26-25-15-5-9-21-10-6-16-31-21/h2-16H,17H2,1H3,(H,26,30)/b9-5-,25-15+. The van der Waals surface area contributed by atoms with E-state index < -0.39 is 0 Å². The van der Waals surface area contributed by atoms with Crippen LogP contribution in [0.3, 0.4) is 0 Å². The molecule has 2 heterocycles. The number of carbonyl (C=O) groups is 1. The number of furan rings is 1. The van der Waals surface area contributed by atoms with Crippen molar-refractivity contribution >= 4 is 30.0 Å². The molecule has 0 aliphatic carbocycles. The van der Waals surface area contributed by atoms with Gasteiger partial charge in [-0.25, -0.2) is 5.43 Å². The molecule has 0 radical (unpaired) electrons. The fourth-order valence-electron chi connectivity index (χ4n) is 2.90. The first-order chi connectivity index (χ1) is 15.7. The Kier molecular flexibility index (Phi) is 6.94. The molecule has 32 heavy (non-hydrogen) atoms. The lowest BCUT2D eigenvalue weighted by molar-refractivity contribution is -0.118. The van der Waals surface area contributed by atoms with Crippen molar-refractivity contribution in [2.45, 2.75) is 12.1 Å². The van der Waals surface area contributed by atoms with E-state index in [2.05, 4.69) is 20.7 Å². The Morgan fingerprint density at radius 1 is 1.09 bits per heavy atom. The minimum Gasteiger partial charge on any atom is -0.465 e. The van der Waals surface area contributed by atoms with Crippen LogP contribution in [0, 0.1) is 6.92 Å². The number of thioether (sulfide) groups is 1. The summed E-state index contributed by atoms with van der Waals surface area (Å²) in [6.07, 6.45) is 6.52. The molecule has 0 aliphatic rings. The van der Waals surface area contributed by atoms with Crippen molar-refractivity contribution < 1.29 is 9.21 Å². The van der Waals surface area contributed by atoms with Crippen LogP contribution in [0.25, 0.3) is 23.2 Å². The predicted molar refractivity (Wildman–Crippen MR) is 127 cm³/mol. The molecule has 0 saturated carbocycles. The zero-order chi connectivity index (χ0) is 22.2. The van der Waals surface area contributed by atoms with Crippen LogP contribution >= 0.6 is 11.8 Å². The summed E-state index contributed by atoms with van der Waals surface area (Å²) in [7, 11) is 0. The van der Waals surface area contributed by atoms with E-state index >= 15 is 0 Å². The van der Waals surface area contributed by atoms with Crippen molar-refractivity contribution in [1.29, 1.82) is 0 Å². The van der Waals surface area contributed by atoms with Gasteiger partial charge in [0.1, 0.15) is 5.76 Å². The molecular formula is C24H21N5O2S. The van der Waals surface area contributed by atoms with Crippen LogP contribution in [-0.4, -0.2) is 32.6 Å². The molecule has 4 aromatic rings. The number of hydrogen-bond acceptors (Lipinski definition) is 6. The monoisotopic (exact) mass is 443 g/mol. The van der Waals surface area contributed by atoms with Gasteiger partial charge in [0.25, 0.3) is 5.91 Å². The number of benzene rings is 2. The van der Waals surface area contributed by atoms with E-state index in [1.807, 2.05) is 72.2 Å². The average Bonchev–Trinajstić information content (AvgIpc) is 3.48. The second-order valence-electron chi connectivity index (χ2n) is 6.82. The van der Waals surface area contributed by atoms with E-state index in [1.54, 1.807) is 24.5 Å². The molecule has 0 aliphatic heterocycles. The third-order valence-corrected chi connectivity index (χ3v) is 5.37. The van der Waals surface area contributed by atoms with Crippen molar-refractivity contribution in [2.24, 2.45) is 5.10 Å². The molecule has 1 amide bonds. The number of rotatable bonds is 8. The average molecular weight is 444 g/mol. The Labute approximate surface area is 189 Å². The summed E-state index contributed by atoms with van der Waals surface area (Å²) in [5.41, 5.74) is 5.56. The molecule has 0 bridgehead atoms. The number of aromatic nitrogens is 3. The Hall–Kier alpha value is -3.91. The van der Waals surface area contributed by atoms with Crippen LogP contribution in [0.2, 0.25) is 0 Å². The second kappa shape index (κ2) is 10.4. The molecule has 1 N–H and O–H groups in total. The van der Waals surface area contributed by atoms with Gasteiger partial charge >= 0.3 is 0 Å². The van der Waals surface area contributed by atoms with Gasteiger partial charge in [-0.1, -0.05) is 59.8 Å². The van der Waals surface area contributed by atoms with E-state index in [0.717, 1.165) is 17.1 Å². The zero-order valence-corrected chi connectivity index (χ0v) is 18.2. The van der Waals surface area contributed by atoms with Gasteiger partial charge in [-0.15, -0.1) is 10.2 Å². The maximum Gasteiger partial charge on any atom is 0.250 e. The third kappa shape index (κ3) is 5.41. The third-order valence-electron chi connectivity index (χ3n) is 4.44. The van der Waals surface area contributed by atoms with E-state index in [1.165, 1.54) is 23.5 Å². The Bertz CT molecular complexity index is 1210. The number of nitrogens with zero attached hydrogens (tertiary/aromatic N) is 4. The van der Waals surface area contributed by atoms with E-state index in [0.29, 0.717) is 10.9 Å². The highest BCUT2D eigenvalue weighted by Gasteiger charge is 2.17. The van der Waals surface area contributed by atoms with Crippen molar-refractivity contribution in [3.8, 4) is 17.1 Å². The van der Waals surface area contributed by atoms with Gasteiger partial charge in [-0.3, -0.25) is 9.36 Å². The van der Waals surface area contributed by atoms with Crippen LogP contribution in [0.5, 0.6) is 0 Å². The summed E-state index contributed by atoms with van der Waals surface area (Å²) in [5, 5.41) is 13.3. The number of allylic oxidation sites excluding steroid dienone is 1. The molecule has 0 saturated heterocycles. The van der Waals surface area contributed by atoms with Crippen LogP contribution < -0.4 is 5.43 Å². The summed E-state index contributed by atoms with van der Waals surface area (Å²) < 4.78 is 7.14. The van der Waals surface area contributed by atoms with Crippen LogP contribution in [0.15, 0.2) is 93.7 Å². The van der Waals surface area contributed by atoms with Gasteiger partial charge < -0.3 is 4.42 Å². The Morgan fingerprint density at radius 2 is 1.91 bits per heavy atom. The maximum atomic E-state index is 12.2. The summed E-state index contributed by atoms with van der Waals surface area (Å²) >= 11 is 1.30. The lowest BCUT2D eigenvalue weighted by Gasteiger charge is -2.10.